The van der Waals surface area contributed by atoms with Crippen molar-refractivity contribution in [3.63, 3.8) is 0 Å². The molecule has 0 saturated carbocycles. The Morgan fingerprint density at radius 2 is 0.629 bits per heavy atom. The van der Waals surface area contributed by atoms with Crippen LogP contribution in [0.2, 0.25) is 0 Å². The van der Waals surface area contributed by atoms with Crippen molar-refractivity contribution in [2.45, 2.75) is 113 Å². The van der Waals surface area contributed by atoms with Crippen molar-refractivity contribution in [1.29, 1.82) is 0 Å². The molecule has 0 aliphatic heterocycles. The molecular formula is C31H65O3P. The van der Waals surface area contributed by atoms with E-state index in [0.717, 1.165) is 0 Å². The van der Waals surface area contributed by atoms with Gasteiger partial charge in [-0.05, 0) is 0 Å². The Bertz CT molecular complexity index is 596. The first-order chi connectivity index (χ1) is 15.0. The first-order valence-electron chi connectivity index (χ1n) is 11.8. The number of hydrogen-bond acceptors (Lipinski definition) is 3. The van der Waals surface area contributed by atoms with Crippen molar-refractivity contribution in [1.82, 2.24) is 0 Å². The summed E-state index contributed by atoms with van der Waals surface area (Å²) in [5.41, 5.74) is -0.584. The summed E-state index contributed by atoms with van der Waals surface area (Å²) in [4.78, 5) is 24.4. The summed E-state index contributed by atoms with van der Waals surface area (Å²) in [6, 6.07) is 16.5. The molecule has 0 radical (unpaired) electrons. The molecular weight excluding hydrogens is 451 g/mol. The van der Waals surface area contributed by atoms with Crippen molar-refractivity contribution in [3.05, 3.63) is 71.8 Å². The van der Waals surface area contributed by atoms with Gasteiger partial charge in [-0.15, -0.1) is 0 Å². The molecule has 0 saturated heterocycles. The first-order valence-corrected chi connectivity index (χ1v) is 14.0. The second kappa shape index (κ2) is 45.5. The summed E-state index contributed by atoms with van der Waals surface area (Å²) in [6.07, 6.45) is 0. The van der Waals surface area contributed by atoms with Crippen molar-refractivity contribution in [3.8, 4) is 0 Å². The fourth-order valence-electron chi connectivity index (χ4n) is 1.75. The van der Waals surface area contributed by atoms with Gasteiger partial charge in [-0.2, -0.15) is 0 Å². The molecule has 0 heterocycles. The van der Waals surface area contributed by atoms with Crippen molar-refractivity contribution < 1.29 is 14.2 Å². The van der Waals surface area contributed by atoms with Gasteiger partial charge in [-0.1, -0.05) is 173 Å². The van der Waals surface area contributed by atoms with Crippen LogP contribution in [0.5, 0.6) is 0 Å². The highest BCUT2D eigenvalue weighted by Crippen LogP contribution is 2.47. The fourth-order valence-corrected chi connectivity index (χ4v) is 3.21. The Morgan fingerprint density at radius 1 is 0.457 bits per heavy atom. The summed E-state index contributed by atoms with van der Waals surface area (Å²) in [7, 11) is -3.60. The SMILES string of the molecule is C.C.C.C.CC.CC.CC.CC.CC.CC.CP(=O)(C(=O)c1ccccc1)C(=O)c1ccccc1. The van der Waals surface area contributed by atoms with E-state index in [4.69, 9.17) is 0 Å². The van der Waals surface area contributed by atoms with Gasteiger partial charge in [0.15, 0.2) is 0 Å². The van der Waals surface area contributed by atoms with Gasteiger partial charge in [0.05, 0.1) is 0 Å². The molecule has 0 N–H and O–H groups in total. The second-order valence-corrected chi connectivity index (χ2v) is 6.93. The van der Waals surface area contributed by atoms with E-state index >= 15 is 0 Å². The van der Waals surface area contributed by atoms with Crippen LogP contribution in [0.25, 0.3) is 0 Å². The normalized spacial score (nSPS) is 7.00. The standard InChI is InChI=1S/C15H13O3P.6C2H6.4CH4/c1-19(18,14(16)12-8-4-2-5-9-12)15(17)13-10-6-3-7-11-13;6*1-2;;;;/h2-11H,1H3;6*1-2H3;4*1H4. The van der Waals surface area contributed by atoms with Gasteiger partial charge in [-0.3, -0.25) is 9.59 Å². The number of carbonyl (C=O) groups excluding carboxylic acids is 2. The molecule has 0 aromatic heterocycles. The van der Waals surface area contributed by atoms with E-state index in [9.17, 15) is 14.2 Å². The third-order valence-electron chi connectivity index (χ3n) is 2.82. The fraction of sp³-hybridized carbons (Fsp3) is 0.548. The first kappa shape index (κ1) is 58.7. The topological polar surface area (TPSA) is 51.2 Å². The van der Waals surface area contributed by atoms with Gasteiger partial charge < -0.3 is 4.57 Å². The smallest absolute Gasteiger partial charge is 0.228 e. The van der Waals surface area contributed by atoms with Crippen LogP contribution in [-0.4, -0.2) is 17.7 Å². The van der Waals surface area contributed by atoms with Gasteiger partial charge in [-0.25, -0.2) is 0 Å². The molecule has 2 aromatic rings. The van der Waals surface area contributed by atoms with Crippen LogP contribution < -0.4 is 0 Å². The highest BCUT2D eigenvalue weighted by atomic mass is 31.2. The molecule has 4 heteroatoms. The molecule has 0 atom stereocenters. The van der Waals surface area contributed by atoms with Crippen LogP contribution in [0.4, 0.5) is 0 Å². The molecule has 2 aromatic carbocycles. The van der Waals surface area contributed by atoms with Crippen LogP contribution in [0, 0.1) is 0 Å². The largest absolute Gasteiger partial charge is 0.307 e. The minimum Gasteiger partial charge on any atom is -0.307 e. The average molecular weight is 517 g/mol. The van der Waals surface area contributed by atoms with E-state index in [1.54, 1.807) is 60.7 Å². The van der Waals surface area contributed by atoms with E-state index < -0.39 is 18.2 Å². The van der Waals surface area contributed by atoms with Crippen LogP contribution in [0.3, 0.4) is 0 Å². The molecule has 2 rings (SSSR count). The quantitative estimate of drug-likeness (QED) is 0.380. The lowest BCUT2D eigenvalue weighted by atomic mass is 10.2. The Kier molecular flexibility index (Phi) is 76.3. The third kappa shape index (κ3) is 24.9. The molecule has 3 nitrogen and oxygen atoms in total. The van der Waals surface area contributed by atoms with Gasteiger partial charge >= 0.3 is 0 Å². The van der Waals surface area contributed by atoms with Gasteiger partial charge in [0.1, 0.15) is 0 Å². The Labute approximate surface area is 223 Å². The molecule has 0 fully saturated rings. The average Bonchev–Trinajstić information content (AvgIpc) is 2.91. The van der Waals surface area contributed by atoms with Crippen molar-refractivity contribution in [2.24, 2.45) is 0 Å². The molecule has 0 aliphatic carbocycles. The Hall–Kier alpha value is -1.99. The molecule has 212 valence electrons. The van der Waals surface area contributed by atoms with Crippen LogP contribution >= 0.6 is 7.14 Å². The molecule has 0 aliphatic rings. The summed E-state index contributed by atoms with van der Waals surface area (Å²) < 4.78 is 12.5. The lowest BCUT2D eigenvalue weighted by Crippen LogP contribution is -2.09. The number of rotatable bonds is 4. The molecule has 0 amide bonds. The monoisotopic (exact) mass is 516 g/mol. The molecule has 0 bridgehead atoms. The maximum Gasteiger partial charge on any atom is 0.228 e. The van der Waals surface area contributed by atoms with E-state index in [1.165, 1.54) is 6.66 Å². The zero-order valence-electron chi connectivity index (χ0n) is 22.4. The summed E-state index contributed by atoms with van der Waals surface area (Å²) in [6.45, 7) is 25.2. The van der Waals surface area contributed by atoms with Crippen molar-refractivity contribution >= 4 is 18.2 Å². The second-order valence-electron chi connectivity index (χ2n) is 4.27. The van der Waals surface area contributed by atoms with E-state index in [-0.39, 0.29) is 29.7 Å². The molecule has 0 spiro atoms. The van der Waals surface area contributed by atoms with Crippen LogP contribution in [0.15, 0.2) is 60.7 Å². The summed E-state index contributed by atoms with van der Waals surface area (Å²) in [5.74, 6) is 0. The Morgan fingerprint density at radius 3 is 0.800 bits per heavy atom. The minimum absolute atomic E-state index is 0. The number of carbonyl (C=O) groups is 2. The zero-order chi connectivity index (χ0) is 25.9. The van der Waals surface area contributed by atoms with E-state index in [0.29, 0.717) is 11.1 Å². The number of benzene rings is 2. The lowest BCUT2D eigenvalue weighted by Gasteiger charge is -2.10. The van der Waals surface area contributed by atoms with Crippen molar-refractivity contribution in [2.75, 3.05) is 6.66 Å². The number of hydrogen-bond donors (Lipinski definition) is 0. The minimum atomic E-state index is -3.60. The molecule has 35 heavy (non-hydrogen) atoms. The predicted molar refractivity (Wildman–Crippen MR) is 170 cm³/mol. The highest BCUT2D eigenvalue weighted by Gasteiger charge is 2.35. The Balaban J connectivity index is -0.0000000532. The summed E-state index contributed by atoms with van der Waals surface area (Å²) >= 11 is 0. The van der Waals surface area contributed by atoms with E-state index in [2.05, 4.69) is 0 Å². The third-order valence-corrected chi connectivity index (χ3v) is 4.88. The van der Waals surface area contributed by atoms with E-state index in [1.807, 2.05) is 83.1 Å². The zero-order valence-corrected chi connectivity index (χ0v) is 23.3. The van der Waals surface area contributed by atoms with Crippen LogP contribution in [-0.2, 0) is 4.57 Å². The maximum atomic E-state index is 12.5. The summed E-state index contributed by atoms with van der Waals surface area (Å²) in [5, 5.41) is 0. The maximum absolute atomic E-state index is 12.5. The van der Waals surface area contributed by atoms with Gasteiger partial charge in [0.25, 0.3) is 0 Å². The van der Waals surface area contributed by atoms with Crippen LogP contribution in [0.1, 0.15) is 134 Å². The lowest BCUT2D eigenvalue weighted by molar-refractivity contribution is 0.103. The van der Waals surface area contributed by atoms with Gasteiger partial charge in [0, 0.05) is 17.8 Å². The highest BCUT2D eigenvalue weighted by molar-refractivity contribution is 7.94. The molecule has 0 unspecified atom stereocenters. The van der Waals surface area contributed by atoms with Gasteiger partial charge in [0.2, 0.25) is 18.2 Å². The predicted octanol–water partition coefficient (Wildman–Crippen LogP) is 12.4.